The lowest BCUT2D eigenvalue weighted by molar-refractivity contribution is 1.19. The average Bonchev–Trinajstić information content (AvgIpc) is 2.47. The molecule has 4 heteroatoms. The van der Waals surface area contributed by atoms with E-state index in [2.05, 4.69) is 21.4 Å². The van der Waals surface area contributed by atoms with Gasteiger partial charge >= 0.3 is 0 Å². The number of nitrogens with zero attached hydrogens (tertiary/aromatic N) is 3. The molecule has 0 radical (unpaired) electrons. The number of pyridine rings is 2. The van der Waals surface area contributed by atoms with Gasteiger partial charge in [0, 0.05) is 23.0 Å². The van der Waals surface area contributed by atoms with Crippen molar-refractivity contribution in [1.29, 1.82) is 5.26 Å². The first kappa shape index (κ1) is 12.1. The second-order valence-electron chi connectivity index (χ2n) is 4.50. The number of nitrogens with one attached hydrogen (secondary N) is 1. The van der Waals surface area contributed by atoms with Crippen LogP contribution in [-0.4, -0.2) is 9.97 Å². The van der Waals surface area contributed by atoms with Crippen molar-refractivity contribution in [2.75, 3.05) is 5.32 Å². The number of hydrogen-bond acceptors (Lipinski definition) is 4. The molecule has 0 amide bonds. The van der Waals surface area contributed by atoms with Crippen LogP contribution in [0.1, 0.15) is 11.3 Å². The molecule has 20 heavy (non-hydrogen) atoms. The highest BCUT2D eigenvalue weighted by molar-refractivity contribution is 5.83. The Hall–Kier alpha value is -2.93. The van der Waals surface area contributed by atoms with E-state index in [1.807, 2.05) is 43.3 Å². The van der Waals surface area contributed by atoms with Crippen molar-refractivity contribution in [3.05, 3.63) is 59.9 Å². The van der Waals surface area contributed by atoms with Gasteiger partial charge in [0.25, 0.3) is 0 Å². The summed E-state index contributed by atoms with van der Waals surface area (Å²) in [5.41, 5.74) is 3.23. The van der Waals surface area contributed by atoms with E-state index >= 15 is 0 Å². The van der Waals surface area contributed by atoms with Crippen molar-refractivity contribution in [2.45, 2.75) is 6.92 Å². The number of fused-ring (bicyclic) bond motifs is 1. The van der Waals surface area contributed by atoms with Gasteiger partial charge in [-0.25, -0.2) is 4.98 Å². The molecule has 0 aliphatic carbocycles. The first-order valence-corrected chi connectivity index (χ1v) is 6.26. The van der Waals surface area contributed by atoms with Gasteiger partial charge in [0.05, 0.1) is 11.1 Å². The second-order valence-corrected chi connectivity index (χ2v) is 4.50. The lowest BCUT2D eigenvalue weighted by Crippen LogP contribution is -1.98. The molecule has 0 fully saturated rings. The summed E-state index contributed by atoms with van der Waals surface area (Å²) in [7, 11) is 0. The molecule has 0 unspecified atom stereocenters. The fourth-order valence-corrected chi connectivity index (χ4v) is 2.03. The molecule has 0 spiro atoms. The smallest absolute Gasteiger partial charge is 0.148 e. The van der Waals surface area contributed by atoms with Gasteiger partial charge in [-0.2, -0.15) is 5.26 Å². The van der Waals surface area contributed by atoms with Crippen LogP contribution in [0.5, 0.6) is 0 Å². The van der Waals surface area contributed by atoms with Crippen LogP contribution in [0.3, 0.4) is 0 Å². The van der Waals surface area contributed by atoms with E-state index in [-0.39, 0.29) is 0 Å². The first-order valence-electron chi connectivity index (χ1n) is 6.26. The van der Waals surface area contributed by atoms with Crippen LogP contribution in [0.4, 0.5) is 11.5 Å². The molecule has 0 bridgehead atoms. The SMILES string of the molecule is Cc1ccc(C#N)c(Nc2ccc3ncccc3c2)n1. The quantitative estimate of drug-likeness (QED) is 0.765. The summed E-state index contributed by atoms with van der Waals surface area (Å²) in [5, 5.41) is 13.4. The number of benzene rings is 1. The highest BCUT2D eigenvalue weighted by Crippen LogP contribution is 2.22. The summed E-state index contributed by atoms with van der Waals surface area (Å²) in [6.45, 7) is 1.90. The van der Waals surface area contributed by atoms with Gasteiger partial charge in [-0.1, -0.05) is 6.07 Å². The molecule has 0 saturated carbocycles. The number of aryl methyl sites for hydroxylation is 1. The van der Waals surface area contributed by atoms with Crippen LogP contribution in [0.25, 0.3) is 10.9 Å². The van der Waals surface area contributed by atoms with Crippen LogP contribution in [0, 0.1) is 18.3 Å². The van der Waals surface area contributed by atoms with E-state index in [4.69, 9.17) is 5.26 Å². The van der Waals surface area contributed by atoms with E-state index in [0.29, 0.717) is 11.4 Å². The van der Waals surface area contributed by atoms with E-state index in [0.717, 1.165) is 22.3 Å². The monoisotopic (exact) mass is 260 g/mol. The topological polar surface area (TPSA) is 61.6 Å². The highest BCUT2D eigenvalue weighted by Gasteiger charge is 2.05. The summed E-state index contributed by atoms with van der Waals surface area (Å²) in [4.78, 5) is 8.65. The summed E-state index contributed by atoms with van der Waals surface area (Å²) in [5.74, 6) is 0.579. The van der Waals surface area contributed by atoms with Gasteiger partial charge in [0.2, 0.25) is 0 Å². The van der Waals surface area contributed by atoms with E-state index in [1.165, 1.54) is 0 Å². The molecule has 0 aliphatic rings. The largest absolute Gasteiger partial charge is 0.339 e. The zero-order chi connectivity index (χ0) is 13.9. The Morgan fingerprint density at radius 1 is 1.15 bits per heavy atom. The molecule has 2 aromatic heterocycles. The van der Waals surface area contributed by atoms with Crippen molar-refractivity contribution < 1.29 is 0 Å². The number of anilines is 2. The second kappa shape index (κ2) is 4.98. The minimum atomic E-state index is 0.530. The van der Waals surface area contributed by atoms with Gasteiger partial charge in [0.15, 0.2) is 0 Å². The zero-order valence-corrected chi connectivity index (χ0v) is 11.0. The van der Waals surface area contributed by atoms with E-state index in [1.54, 1.807) is 12.3 Å². The highest BCUT2D eigenvalue weighted by atomic mass is 15.0. The maximum atomic E-state index is 9.12. The summed E-state index contributed by atoms with van der Waals surface area (Å²) in [6, 6.07) is 15.5. The maximum Gasteiger partial charge on any atom is 0.148 e. The molecule has 1 aromatic carbocycles. The van der Waals surface area contributed by atoms with Crippen molar-refractivity contribution in [1.82, 2.24) is 9.97 Å². The van der Waals surface area contributed by atoms with Crippen LogP contribution in [0.15, 0.2) is 48.7 Å². The number of aromatic nitrogens is 2. The fourth-order valence-electron chi connectivity index (χ4n) is 2.03. The Labute approximate surface area is 116 Å². The van der Waals surface area contributed by atoms with Crippen molar-refractivity contribution >= 4 is 22.4 Å². The first-order chi connectivity index (χ1) is 9.76. The Morgan fingerprint density at radius 3 is 2.90 bits per heavy atom. The average molecular weight is 260 g/mol. The molecular weight excluding hydrogens is 248 g/mol. The zero-order valence-electron chi connectivity index (χ0n) is 11.0. The molecule has 1 N–H and O–H groups in total. The molecule has 96 valence electrons. The van der Waals surface area contributed by atoms with Gasteiger partial charge < -0.3 is 5.32 Å². The van der Waals surface area contributed by atoms with Gasteiger partial charge in [-0.15, -0.1) is 0 Å². The predicted molar refractivity (Wildman–Crippen MR) is 78.7 cm³/mol. The van der Waals surface area contributed by atoms with Crippen molar-refractivity contribution in [2.24, 2.45) is 0 Å². The van der Waals surface area contributed by atoms with E-state index < -0.39 is 0 Å². The lowest BCUT2D eigenvalue weighted by Gasteiger charge is -2.08. The van der Waals surface area contributed by atoms with Crippen molar-refractivity contribution in [3.8, 4) is 6.07 Å². The van der Waals surface area contributed by atoms with Gasteiger partial charge in [-0.05, 0) is 43.3 Å². The number of rotatable bonds is 2. The normalized spacial score (nSPS) is 10.2. The van der Waals surface area contributed by atoms with Crippen LogP contribution < -0.4 is 5.32 Å². The third-order valence-electron chi connectivity index (χ3n) is 3.02. The number of hydrogen-bond donors (Lipinski definition) is 1. The molecule has 2 heterocycles. The summed E-state index contributed by atoms with van der Waals surface area (Å²) in [6.07, 6.45) is 1.77. The third kappa shape index (κ3) is 2.29. The molecule has 0 saturated heterocycles. The minimum Gasteiger partial charge on any atom is -0.339 e. The number of nitriles is 1. The predicted octanol–water partition coefficient (Wildman–Crippen LogP) is 3.55. The molecule has 0 atom stereocenters. The third-order valence-corrected chi connectivity index (χ3v) is 3.02. The van der Waals surface area contributed by atoms with Crippen LogP contribution >= 0.6 is 0 Å². The molecule has 3 aromatic rings. The molecule has 3 rings (SSSR count). The van der Waals surface area contributed by atoms with Gasteiger partial charge in [-0.3, -0.25) is 4.98 Å². The molecule has 0 aliphatic heterocycles. The van der Waals surface area contributed by atoms with E-state index in [9.17, 15) is 0 Å². The Morgan fingerprint density at radius 2 is 2.05 bits per heavy atom. The van der Waals surface area contributed by atoms with Crippen LogP contribution in [0.2, 0.25) is 0 Å². The molecule has 4 nitrogen and oxygen atoms in total. The lowest BCUT2D eigenvalue weighted by atomic mass is 10.2. The summed E-state index contributed by atoms with van der Waals surface area (Å²) < 4.78 is 0. The minimum absolute atomic E-state index is 0.530. The molecular formula is C16H12N4. The van der Waals surface area contributed by atoms with Gasteiger partial charge in [0.1, 0.15) is 11.9 Å². The fraction of sp³-hybridized carbons (Fsp3) is 0.0625. The standard InChI is InChI=1S/C16H12N4/c1-11-4-5-13(10-17)16(19-11)20-14-6-7-15-12(9-14)3-2-8-18-15/h2-9H,1H3,(H,19,20). The summed E-state index contributed by atoms with van der Waals surface area (Å²) >= 11 is 0. The maximum absolute atomic E-state index is 9.12. The Balaban J connectivity index is 2.01. The Bertz CT molecular complexity index is 818. The Kier molecular flexibility index (Phi) is 3.02. The van der Waals surface area contributed by atoms with Crippen LogP contribution in [-0.2, 0) is 0 Å². The van der Waals surface area contributed by atoms with Crippen molar-refractivity contribution in [3.63, 3.8) is 0 Å².